The lowest BCUT2D eigenvalue weighted by Crippen LogP contribution is -2.50. The minimum Gasteiger partial charge on any atom is -0.336 e. The van der Waals surface area contributed by atoms with Crippen molar-refractivity contribution in [2.45, 2.75) is 45.2 Å². The quantitative estimate of drug-likeness (QED) is 0.787. The number of piperazine rings is 1. The fourth-order valence-corrected chi connectivity index (χ4v) is 3.06. The molecule has 2 heterocycles. The van der Waals surface area contributed by atoms with Crippen LogP contribution in [0.4, 0.5) is 0 Å². The van der Waals surface area contributed by atoms with Crippen molar-refractivity contribution in [3.63, 3.8) is 0 Å². The van der Waals surface area contributed by atoms with Crippen molar-refractivity contribution >= 4 is 5.91 Å². The van der Waals surface area contributed by atoms with Crippen molar-refractivity contribution in [1.29, 1.82) is 0 Å². The van der Waals surface area contributed by atoms with Crippen LogP contribution in [0.1, 0.15) is 33.1 Å². The Balaban J connectivity index is 1.89. The van der Waals surface area contributed by atoms with Crippen LogP contribution in [-0.2, 0) is 4.79 Å². The van der Waals surface area contributed by atoms with Crippen LogP contribution >= 0.6 is 0 Å². The molecule has 2 atom stereocenters. The second kappa shape index (κ2) is 5.83. The summed E-state index contributed by atoms with van der Waals surface area (Å²) < 4.78 is 0. The van der Waals surface area contributed by atoms with Gasteiger partial charge < -0.3 is 10.2 Å². The molecule has 4 nitrogen and oxygen atoms in total. The summed E-state index contributed by atoms with van der Waals surface area (Å²) in [4.78, 5) is 16.8. The lowest BCUT2D eigenvalue weighted by Gasteiger charge is -2.32. The van der Waals surface area contributed by atoms with Crippen molar-refractivity contribution in [3.8, 4) is 0 Å². The molecule has 0 spiro atoms. The van der Waals surface area contributed by atoms with E-state index in [1.54, 1.807) is 0 Å². The predicted octanol–water partition coefficient (Wildman–Crippen LogP) is 0.681. The van der Waals surface area contributed by atoms with E-state index in [4.69, 9.17) is 0 Å². The van der Waals surface area contributed by atoms with E-state index in [1.165, 1.54) is 12.8 Å². The van der Waals surface area contributed by atoms with Crippen molar-refractivity contribution < 1.29 is 4.79 Å². The molecule has 0 aromatic rings. The molecule has 0 radical (unpaired) electrons. The molecule has 0 aliphatic carbocycles. The van der Waals surface area contributed by atoms with E-state index >= 15 is 0 Å². The molecule has 0 saturated carbocycles. The average Bonchev–Trinajstić information content (AvgIpc) is 2.71. The zero-order chi connectivity index (χ0) is 12.3. The highest BCUT2D eigenvalue weighted by Crippen LogP contribution is 2.26. The first-order valence-electron chi connectivity index (χ1n) is 6.96. The molecule has 2 fully saturated rings. The number of nitrogens with one attached hydrogen (secondary N) is 1. The van der Waals surface area contributed by atoms with Crippen molar-refractivity contribution in [2.24, 2.45) is 0 Å². The Labute approximate surface area is 104 Å². The van der Waals surface area contributed by atoms with E-state index < -0.39 is 0 Å². The number of hydrogen-bond donors (Lipinski definition) is 1. The molecular formula is C13H25N3O. The molecule has 2 unspecified atom stereocenters. The van der Waals surface area contributed by atoms with E-state index in [0.29, 0.717) is 24.5 Å². The summed E-state index contributed by atoms with van der Waals surface area (Å²) in [5.41, 5.74) is 0. The Morgan fingerprint density at radius 2 is 2.00 bits per heavy atom. The van der Waals surface area contributed by atoms with Gasteiger partial charge in [0.15, 0.2) is 0 Å². The fourth-order valence-electron chi connectivity index (χ4n) is 3.06. The summed E-state index contributed by atoms with van der Waals surface area (Å²) >= 11 is 0. The minimum absolute atomic E-state index is 0.337. The van der Waals surface area contributed by atoms with Crippen molar-refractivity contribution in [2.75, 3.05) is 32.7 Å². The predicted molar refractivity (Wildman–Crippen MR) is 68.9 cm³/mol. The zero-order valence-electron chi connectivity index (χ0n) is 11.1. The van der Waals surface area contributed by atoms with Crippen LogP contribution in [0.3, 0.4) is 0 Å². The third kappa shape index (κ3) is 2.99. The van der Waals surface area contributed by atoms with Gasteiger partial charge >= 0.3 is 0 Å². The molecule has 0 aromatic carbocycles. The van der Waals surface area contributed by atoms with Gasteiger partial charge in [-0.3, -0.25) is 9.69 Å². The number of amides is 1. The summed E-state index contributed by atoms with van der Waals surface area (Å²) in [5.74, 6) is 0.337. The zero-order valence-corrected chi connectivity index (χ0v) is 11.1. The number of hydrogen-bond acceptors (Lipinski definition) is 3. The van der Waals surface area contributed by atoms with Gasteiger partial charge in [-0.15, -0.1) is 0 Å². The van der Waals surface area contributed by atoms with E-state index in [1.807, 2.05) is 0 Å². The topological polar surface area (TPSA) is 35.6 Å². The third-order valence-electron chi connectivity index (χ3n) is 4.11. The van der Waals surface area contributed by atoms with E-state index in [9.17, 15) is 4.79 Å². The third-order valence-corrected chi connectivity index (χ3v) is 4.11. The average molecular weight is 239 g/mol. The second-order valence-electron chi connectivity index (χ2n) is 5.32. The molecular weight excluding hydrogens is 214 g/mol. The Morgan fingerprint density at radius 1 is 1.29 bits per heavy atom. The number of rotatable bonds is 3. The summed E-state index contributed by atoms with van der Waals surface area (Å²) in [6, 6.07) is 0.927. The molecule has 4 heteroatoms. The summed E-state index contributed by atoms with van der Waals surface area (Å²) in [6.07, 6.45) is 3.45. The Hall–Kier alpha value is -0.610. The van der Waals surface area contributed by atoms with Gasteiger partial charge in [-0.1, -0.05) is 6.92 Å². The van der Waals surface area contributed by atoms with Gasteiger partial charge in [-0.2, -0.15) is 0 Å². The summed E-state index contributed by atoms with van der Waals surface area (Å²) in [7, 11) is 0. The second-order valence-corrected chi connectivity index (χ2v) is 5.32. The molecule has 0 bridgehead atoms. The number of carbonyl (C=O) groups is 1. The lowest BCUT2D eigenvalue weighted by atomic mass is 10.1. The summed E-state index contributed by atoms with van der Waals surface area (Å²) in [6.45, 7) is 9.03. The van der Waals surface area contributed by atoms with Crippen LogP contribution < -0.4 is 5.32 Å². The number of nitrogens with zero attached hydrogens (tertiary/aromatic N) is 2. The van der Waals surface area contributed by atoms with E-state index in [0.717, 1.165) is 32.6 Å². The molecule has 98 valence electrons. The molecule has 1 N–H and O–H groups in total. The Kier molecular flexibility index (Phi) is 4.40. The smallest absolute Gasteiger partial charge is 0.237 e. The van der Waals surface area contributed by atoms with E-state index in [-0.39, 0.29) is 0 Å². The van der Waals surface area contributed by atoms with Crippen LogP contribution in [-0.4, -0.2) is 60.5 Å². The van der Waals surface area contributed by atoms with E-state index in [2.05, 4.69) is 29.0 Å². The molecule has 2 aliphatic heterocycles. The van der Waals surface area contributed by atoms with Crippen LogP contribution in [0.15, 0.2) is 0 Å². The molecule has 2 rings (SSSR count). The molecule has 2 aliphatic rings. The van der Waals surface area contributed by atoms with Gasteiger partial charge in [0, 0.05) is 38.3 Å². The molecule has 1 amide bonds. The standard InChI is InChI=1S/C13H25N3O/c1-3-12-5-4-11(2)16(12)13(17)10-15-8-6-14-7-9-15/h11-12,14H,3-10H2,1-2H3. The maximum atomic E-state index is 12.4. The SMILES string of the molecule is CCC1CCC(C)N1C(=O)CN1CCNCC1. The van der Waals surface area contributed by atoms with Gasteiger partial charge in [0.05, 0.1) is 6.54 Å². The molecule has 17 heavy (non-hydrogen) atoms. The fraction of sp³-hybridized carbons (Fsp3) is 0.923. The van der Waals surface area contributed by atoms with Crippen LogP contribution in [0.2, 0.25) is 0 Å². The monoisotopic (exact) mass is 239 g/mol. The highest BCUT2D eigenvalue weighted by atomic mass is 16.2. The lowest BCUT2D eigenvalue weighted by molar-refractivity contribution is -0.135. The first kappa shape index (κ1) is 12.8. The van der Waals surface area contributed by atoms with Gasteiger partial charge in [-0.25, -0.2) is 0 Å². The first-order valence-corrected chi connectivity index (χ1v) is 6.96. The summed E-state index contributed by atoms with van der Waals surface area (Å²) in [5, 5.41) is 3.32. The first-order chi connectivity index (χ1) is 8.22. The Bertz CT molecular complexity index is 263. The van der Waals surface area contributed by atoms with Gasteiger partial charge in [0.25, 0.3) is 0 Å². The maximum absolute atomic E-state index is 12.4. The normalized spacial score (nSPS) is 30.8. The number of carbonyl (C=O) groups excluding carboxylic acids is 1. The van der Waals surface area contributed by atoms with Crippen LogP contribution in [0.25, 0.3) is 0 Å². The molecule has 2 saturated heterocycles. The number of likely N-dealkylation sites (tertiary alicyclic amines) is 1. The largest absolute Gasteiger partial charge is 0.336 e. The minimum atomic E-state index is 0.337. The Morgan fingerprint density at radius 3 is 2.65 bits per heavy atom. The van der Waals surface area contributed by atoms with Gasteiger partial charge in [0.1, 0.15) is 0 Å². The van der Waals surface area contributed by atoms with Crippen LogP contribution in [0, 0.1) is 0 Å². The van der Waals surface area contributed by atoms with Crippen molar-refractivity contribution in [3.05, 3.63) is 0 Å². The van der Waals surface area contributed by atoms with Crippen molar-refractivity contribution in [1.82, 2.24) is 15.1 Å². The van der Waals surface area contributed by atoms with Gasteiger partial charge in [-0.05, 0) is 26.2 Å². The molecule has 0 aromatic heterocycles. The highest BCUT2D eigenvalue weighted by molar-refractivity contribution is 5.79. The highest BCUT2D eigenvalue weighted by Gasteiger charge is 2.33. The van der Waals surface area contributed by atoms with Crippen LogP contribution in [0.5, 0.6) is 0 Å². The van der Waals surface area contributed by atoms with Gasteiger partial charge in [0.2, 0.25) is 5.91 Å². The maximum Gasteiger partial charge on any atom is 0.237 e.